The van der Waals surface area contributed by atoms with Gasteiger partial charge in [0.05, 0.1) is 11.7 Å². The van der Waals surface area contributed by atoms with Crippen molar-refractivity contribution in [2.75, 3.05) is 6.54 Å². The van der Waals surface area contributed by atoms with Crippen molar-refractivity contribution < 1.29 is 4.74 Å². The molecule has 0 radical (unpaired) electrons. The second kappa shape index (κ2) is 1.71. The van der Waals surface area contributed by atoms with Gasteiger partial charge >= 0.3 is 0 Å². The summed E-state index contributed by atoms with van der Waals surface area (Å²) in [4.78, 5) is 0. The summed E-state index contributed by atoms with van der Waals surface area (Å²) in [6, 6.07) is 0. The molecule has 2 nitrogen and oxygen atoms in total. The molecule has 1 heterocycles. The van der Waals surface area contributed by atoms with Crippen LogP contribution in [0, 0.1) is 0 Å². The molecule has 0 aromatic rings. The first-order valence-corrected chi connectivity index (χ1v) is 3.02. The lowest BCUT2D eigenvalue weighted by Gasteiger charge is -2.42. The van der Waals surface area contributed by atoms with E-state index in [-0.39, 0.29) is 5.60 Å². The first-order valence-electron chi connectivity index (χ1n) is 3.02. The minimum absolute atomic E-state index is 0.115. The highest BCUT2D eigenvalue weighted by Gasteiger charge is 2.35. The van der Waals surface area contributed by atoms with Gasteiger partial charge in [0.1, 0.15) is 0 Å². The predicted octanol–water partition coefficient (Wildman–Crippen LogP) is 0.513. The first-order chi connectivity index (χ1) is 3.64. The molecule has 2 N–H and O–H groups in total. The third-order valence-electron chi connectivity index (χ3n) is 1.47. The summed E-state index contributed by atoms with van der Waals surface area (Å²) in [6.45, 7) is 4.84. The highest BCUT2D eigenvalue weighted by atomic mass is 16.5. The van der Waals surface area contributed by atoms with E-state index in [0.717, 1.165) is 6.42 Å². The average Bonchev–Trinajstić information content (AvgIpc) is 1.60. The zero-order chi connectivity index (χ0) is 6.20. The lowest BCUT2D eigenvalue weighted by molar-refractivity contribution is -0.178. The Labute approximate surface area is 50.0 Å². The van der Waals surface area contributed by atoms with Crippen LogP contribution in [0.2, 0.25) is 0 Å². The molecule has 48 valence electrons. The van der Waals surface area contributed by atoms with Crippen LogP contribution in [-0.2, 0) is 4.74 Å². The predicted molar refractivity (Wildman–Crippen MR) is 32.6 cm³/mol. The maximum absolute atomic E-state index is 5.35. The molecule has 1 fully saturated rings. The summed E-state index contributed by atoms with van der Waals surface area (Å²) in [5.41, 5.74) is 5.45. The average molecular weight is 115 g/mol. The van der Waals surface area contributed by atoms with Gasteiger partial charge in [-0.25, -0.2) is 0 Å². The van der Waals surface area contributed by atoms with Crippen LogP contribution < -0.4 is 5.73 Å². The lowest BCUT2D eigenvalue weighted by Crippen LogP contribution is -2.49. The van der Waals surface area contributed by atoms with E-state index in [1.165, 1.54) is 0 Å². The lowest BCUT2D eigenvalue weighted by atomic mass is 9.93. The number of hydrogen-bond acceptors (Lipinski definition) is 2. The van der Waals surface area contributed by atoms with Gasteiger partial charge in [-0.15, -0.1) is 0 Å². The van der Waals surface area contributed by atoms with Gasteiger partial charge in [0.2, 0.25) is 0 Å². The van der Waals surface area contributed by atoms with Gasteiger partial charge in [-0.1, -0.05) is 0 Å². The van der Waals surface area contributed by atoms with Crippen LogP contribution >= 0.6 is 0 Å². The van der Waals surface area contributed by atoms with Crippen LogP contribution in [0.1, 0.15) is 20.3 Å². The summed E-state index contributed by atoms with van der Waals surface area (Å²) >= 11 is 0. The van der Waals surface area contributed by atoms with Crippen molar-refractivity contribution in [3.05, 3.63) is 0 Å². The van der Waals surface area contributed by atoms with Gasteiger partial charge in [0, 0.05) is 13.0 Å². The Morgan fingerprint density at radius 3 is 2.38 bits per heavy atom. The zero-order valence-corrected chi connectivity index (χ0v) is 5.48. The molecule has 1 unspecified atom stereocenters. The molecule has 0 saturated carbocycles. The summed E-state index contributed by atoms with van der Waals surface area (Å²) in [6.07, 6.45) is 1.45. The number of hydrogen-bond donors (Lipinski definition) is 1. The highest BCUT2D eigenvalue weighted by molar-refractivity contribution is 4.85. The van der Waals surface area contributed by atoms with Gasteiger partial charge in [-0.2, -0.15) is 0 Å². The van der Waals surface area contributed by atoms with Crippen molar-refractivity contribution in [3.8, 4) is 0 Å². The smallest absolute Gasteiger partial charge is 0.0731 e. The van der Waals surface area contributed by atoms with Crippen molar-refractivity contribution in [2.24, 2.45) is 5.73 Å². The Balaban J connectivity index is 2.21. The molecule has 8 heavy (non-hydrogen) atoms. The second-order valence-corrected chi connectivity index (χ2v) is 2.94. The molecule has 1 saturated heterocycles. The van der Waals surface area contributed by atoms with E-state index in [2.05, 4.69) is 13.8 Å². The van der Waals surface area contributed by atoms with E-state index in [1.54, 1.807) is 0 Å². The standard InChI is InChI=1S/C6H13NO/c1-6(2)3-5(4-7)8-6/h5H,3-4,7H2,1-2H3. The minimum atomic E-state index is 0.115. The molecule has 1 atom stereocenters. The number of ether oxygens (including phenoxy) is 1. The van der Waals surface area contributed by atoms with Crippen molar-refractivity contribution >= 4 is 0 Å². The van der Waals surface area contributed by atoms with E-state index in [9.17, 15) is 0 Å². The number of rotatable bonds is 1. The Bertz CT molecular complexity index is 82.5. The summed E-state index contributed by atoms with van der Waals surface area (Å²) in [5, 5.41) is 0. The molecule has 2 heteroatoms. The molecule has 1 aliphatic rings. The van der Waals surface area contributed by atoms with Gasteiger partial charge in [0.15, 0.2) is 0 Å². The molecule has 1 rings (SSSR count). The van der Waals surface area contributed by atoms with E-state index in [1.807, 2.05) is 0 Å². The largest absolute Gasteiger partial charge is 0.371 e. The van der Waals surface area contributed by atoms with Crippen LogP contribution in [0.5, 0.6) is 0 Å². The molecular weight excluding hydrogens is 102 g/mol. The molecule has 1 aliphatic heterocycles. The maximum Gasteiger partial charge on any atom is 0.0731 e. The van der Waals surface area contributed by atoms with Crippen molar-refractivity contribution in [2.45, 2.75) is 32.0 Å². The minimum Gasteiger partial charge on any atom is -0.371 e. The Kier molecular flexibility index (Phi) is 1.29. The van der Waals surface area contributed by atoms with Gasteiger partial charge in [-0.05, 0) is 13.8 Å². The molecule has 0 aliphatic carbocycles. The molecule has 0 spiro atoms. The van der Waals surface area contributed by atoms with Crippen LogP contribution in [0.15, 0.2) is 0 Å². The zero-order valence-electron chi connectivity index (χ0n) is 5.48. The van der Waals surface area contributed by atoms with E-state index in [0.29, 0.717) is 12.6 Å². The molecule has 0 bridgehead atoms. The molecule has 0 aromatic carbocycles. The SMILES string of the molecule is CC1(C)CC(CN)O1. The molecule has 0 amide bonds. The maximum atomic E-state index is 5.35. The van der Waals surface area contributed by atoms with Crippen molar-refractivity contribution in [1.82, 2.24) is 0 Å². The van der Waals surface area contributed by atoms with Crippen molar-refractivity contribution in [1.29, 1.82) is 0 Å². The Morgan fingerprint density at radius 1 is 1.75 bits per heavy atom. The monoisotopic (exact) mass is 115 g/mol. The third-order valence-corrected chi connectivity index (χ3v) is 1.47. The normalized spacial score (nSPS) is 34.1. The van der Waals surface area contributed by atoms with Crippen LogP contribution in [-0.4, -0.2) is 18.2 Å². The molecular formula is C6H13NO. The fraction of sp³-hybridized carbons (Fsp3) is 1.00. The van der Waals surface area contributed by atoms with Gasteiger partial charge < -0.3 is 10.5 Å². The Hall–Kier alpha value is -0.0800. The van der Waals surface area contributed by atoms with Crippen LogP contribution in [0.4, 0.5) is 0 Å². The van der Waals surface area contributed by atoms with Crippen molar-refractivity contribution in [3.63, 3.8) is 0 Å². The summed E-state index contributed by atoms with van der Waals surface area (Å²) < 4.78 is 5.35. The van der Waals surface area contributed by atoms with E-state index < -0.39 is 0 Å². The second-order valence-electron chi connectivity index (χ2n) is 2.94. The number of nitrogens with two attached hydrogens (primary N) is 1. The van der Waals surface area contributed by atoms with Gasteiger partial charge in [-0.3, -0.25) is 0 Å². The summed E-state index contributed by atoms with van der Waals surface area (Å²) in [5.74, 6) is 0. The van der Waals surface area contributed by atoms with E-state index in [4.69, 9.17) is 10.5 Å². The fourth-order valence-corrected chi connectivity index (χ4v) is 1.12. The fourth-order valence-electron chi connectivity index (χ4n) is 1.12. The van der Waals surface area contributed by atoms with Crippen LogP contribution in [0.25, 0.3) is 0 Å². The van der Waals surface area contributed by atoms with Crippen LogP contribution in [0.3, 0.4) is 0 Å². The topological polar surface area (TPSA) is 35.2 Å². The highest BCUT2D eigenvalue weighted by Crippen LogP contribution is 2.30. The van der Waals surface area contributed by atoms with E-state index >= 15 is 0 Å². The molecule has 0 aromatic heterocycles. The van der Waals surface area contributed by atoms with Gasteiger partial charge in [0.25, 0.3) is 0 Å². The summed E-state index contributed by atoms with van der Waals surface area (Å²) in [7, 11) is 0. The Morgan fingerprint density at radius 2 is 2.25 bits per heavy atom. The first kappa shape index (κ1) is 6.05. The third kappa shape index (κ3) is 1.01. The quantitative estimate of drug-likeness (QED) is 0.540.